The second kappa shape index (κ2) is 7.90. The Morgan fingerprint density at radius 1 is 1.40 bits per heavy atom. The summed E-state index contributed by atoms with van der Waals surface area (Å²) < 4.78 is 30.8. The molecule has 0 aliphatic carbocycles. The van der Waals surface area contributed by atoms with Crippen LogP contribution in [-0.4, -0.2) is 39.6 Å². The van der Waals surface area contributed by atoms with Gasteiger partial charge in [0.2, 0.25) is 10.0 Å². The van der Waals surface area contributed by atoms with Crippen LogP contribution in [0.4, 0.5) is 5.69 Å². The van der Waals surface area contributed by atoms with E-state index in [1.165, 1.54) is 7.11 Å². The minimum atomic E-state index is -3.41. The van der Waals surface area contributed by atoms with Crippen LogP contribution in [0.3, 0.4) is 0 Å². The SMILES string of the molecule is COCCS(=O)(=O)Nc1ccc(C)c(C#CCCO)c1. The summed E-state index contributed by atoms with van der Waals surface area (Å²) in [6, 6.07) is 5.18. The number of aliphatic hydroxyl groups is 1. The van der Waals surface area contributed by atoms with Crippen molar-refractivity contribution < 1.29 is 18.3 Å². The molecule has 110 valence electrons. The number of aliphatic hydroxyl groups excluding tert-OH is 1. The smallest absolute Gasteiger partial charge is 0.234 e. The predicted octanol–water partition coefficient (Wildman–Crippen LogP) is 1.12. The molecule has 0 bridgehead atoms. The number of ether oxygens (including phenoxy) is 1. The number of aryl methyl sites for hydroxylation is 1. The number of sulfonamides is 1. The lowest BCUT2D eigenvalue weighted by Crippen LogP contribution is -2.19. The van der Waals surface area contributed by atoms with E-state index in [1.807, 2.05) is 6.92 Å². The first-order valence-corrected chi connectivity index (χ1v) is 7.83. The van der Waals surface area contributed by atoms with Crippen LogP contribution in [0.1, 0.15) is 17.5 Å². The molecular weight excluding hydrogens is 278 g/mol. The van der Waals surface area contributed by atoms with Crippen LogP contribution < -0.4 is 4.72 Å². The van der Waals surface area contributed by atoms with Crippen molar-refractivity contribution >= 4 is 15.7 Å². The van der Waals surface area contributed by atoms with Crippen molar-refractivity contribution in [1.82, 2.24) is 0 Å². The molecule has 1 rings (SSSR count). The monoisotopic (exact) mass is 297 g/mol. The summed E-state index contributed by atoms with van der Waals surface area (Å²) in [5.41, 5.74) is 2.17. The van der Waals surface area contributed by atoms with Gasteiger partial charge in [-0.2, -0.15) is 0 Å². The number of hydrogen-bond donors (Lipinski definition) is 2. The maximum Gasteiger partial charge on any atom is 0.234 e. The minimum absolute atomic E-state index is 0.00931. The summed E-state index contributed by atoms with van der Waals surface area (Å²) in [6.45, 7) is 2.05. The Hall–Kier alpha value is -1.55. The molecule has 0 aliphatic rings. The highest BCUT2D eigenvalue weighted by Gasteiger charge is 2.10. The van der Waals surface area contributed by atoms with Gasteiger partial charge in [-0.25, -0.2) is 8.42 Å². The van der Waals surface area contributed by atoms with Crippen LogP contribution >= 0.6 is 0 Å². The van der Waals surface area contributed by atoms with Crippen LogP contribution in [-0.2, 0) is 14.8 Å². The predicted molar refractivity (Wildman–Crippen MR) is 79.0 cm³/mol. The third-order valence-electron chi connectivity index (χ3n) is 2.53. The van der Waals surface area contributed by atoms with Gasteiger partial charge in [0.15, 0.2) is 0 Å². The fourth-order valence-corrected chi connectivity index (χ4v) is 2.43. The molecule has 5 nitrogen and oxygen atoms in total. The highest BCUT2D eigenvalue weighted by molar-refractivity contribution is 7.92. The van der Waals surface area contributed by atoms with E-state index in [4.69, 9.17) is 9.84 Å². The molecule has 0 saturated heterocycles. The molecule has 0 saturated carbocycles. The molecule has 0 amide bonds. The highest BCUT2D eigenvalue weighted by atomic mass is 32.2. The summed E-state index contributed by atoms with van der Waals surface area (Å²) in [7, 11) is -1.96. The van der Waals surface area contributed by atoms with E-state index >= 15 is 0 Å². The molecule has 2 N–H and O–H groups in total. The Balaban J connectivity index is 2.88. The van der Waals surface area contributed by atoms with E-state index in [2.05, 4.69) is 16.6 Å². The molecule has 0 unspecified atom stereocenters. The van der Waals surface area contributed by atoms with Gasteiger partial charge >= 0.3 is 0 Å². The largest absolute Gasteiger partial charge is 0.395 e. The van der Waals surface area contributed by atoms with E-state index in [1.54, 1.807) is 18.2 Å². The third-order valence-corrected chi connectivity index (χ3v) is 3.78. The van der Waals surface area contributed by atoms with Crippen molar-refractivity contribution in [3.63, 3.8) is 0 Å². The summed E-state index contributed by atoms with van der Waals surface area (Å²) in [6.07, 6.45) is 0.392. The molecule has 0 aromatic heterocycles. The molecular formula is C14H19NO4S. The second-order valence-electron chi connectivity index (χ2n) is 4.22. The Labute approximate surface area is 120 Å². The van der Waals surface area contributed by atoms with Crippen molar-refractivity contribution in [3.8, 4) is 11.8 Å². The van der Waals surface area contributed by atoms with Gasteiger partial charge in [-0.3, -0.25) is 4.72 Å². The zero-order valence-corrected chi connectivity index (χ0v) is 12.5. The topological polar surface area (TPSA) is 75.6 Å². The van der Waals surface area contributed by atoms with Gasteiger partial charge in [0.05, 0.1) is 19.0 Å². The molecule has 0 atom stereocenters. The van der Waals surface area contributed by atoms with E-state index in [-0.39, 0.29) is 19.0 Å². The molecule has 1 aromatic carbocycles. The first kappa shape index (κ1) is 16.5. The molecule has 0 spiro atoms. The Morgan fingerprint density at radius 3 is 2.80 bits per heavy atom. The van der Waals surface area contributed by atoms with Crippen molar-refractivity contribution in [2.75, 3.05) is 30.8 Å². The maximum atomic E-state index is 11.8. The average molecular weight is 297 g/mol. The van der Waals surface area contributed by atoms with Crippen LogP contribution in [0.5, 0.6) is 0 Å². The normalized spacial score (nSPS) is 10.8. The van der Waals surface area contributed by atoms with Gasteiger partial charge in [0, 0.05) is 24.8 Å². The number of nitrogens with one attached hydrogen (secondary N) is 1. The van der Waals surface area contributed by atoms with E-state index in [9.17, 15) is 8.42 Å². The summed E-state index contributed by atoms with van der Waals surface area (Å²) in [4.78, 5) is 0. The molecule has 0 fully saturated rings. The van der Waals surface area contributed by atoms with Crippen molar-refractivity contribution in [1.29, 1.82) is 0 Å². The van der Waals surface area contributed by atoms with Gasteiger partial charge in [-0.15, -0.1) is 0 Å². The van der Waals surface area contributed by atoms with Crippen LogP contribution in [0.2, 0.25) is 0 Å². The molecule has 0 heterocycles. The van der Waals surface area contributed by atoms with Crippen LogP contribution in [0.25, 0.3) is 0 Å². The summed E-state index contributed by atoms with van der Waals surface area (Å²) in [5.74, 6) is 5.64. The zero-order valence-electron chi connectivity index (χ0n) is 11.6. The van der Waals surface area contributed by atoms with Gasteiger partial charge in [-0.1, -0.05) is 17.9 Å². The zero-order chi connectivity index (χ0) is 15.0. The Bertz CT molecular complexity index is 599. The van der Waals surface area contributed by atoms with Gasteiger partial charge in [0.25, 0.3) is 0 Å². The Morgan fingerprint density at radius 2 is 2.15 bits per heavy atom. The molecule has 20 heavy (non-hydrogen) atoms. The molecule has 0 radical (unpaired) electrons. The first-order chi connectivity index (χ1) is 9.48. The summed E-state index contributed by atoms with van der Waals surface area (Å²) in [5, 5.41) is 8.70. The van der Waals surface area contributed by atoms with Gasteiger partial charge in [-0.05, 0) is 24.6 Å². The lowest BCUT2D eigenvalue weighted by atomic mass is 10.1. The number of rotatable bonds is 6. The highest BCUT2D eigenvalue weighted by Crippen LogP contribution is 2.16. The van der Waals surface area contributed by atoms with E-state index in [0.717, 1.165) is 11.1 Å². The fourth-order valence-electron chi connectivity index (χ4n) is 1.46. The first-order valence-electron chi connectivity index (χ1n) is 6.18. The maximum absolute atomic E-state index is 11.8. The van der Waals surface area contributed by atoms with Crippen molar-refractivity contribution in [2.45, 2.75) is 13.3 Å². The molecule has 6 heteroatoms. The fraction of sp³-hybridized carbons (Fsp3) is 0.429. The van der Waals surface area contributed by atoms with Crippen LogP contribution in [0.15, 0.2) is 18.2 Å². The number of anilines is 1. The third kappa shape index (κ3) is 5.61. The number of methoxy groups -OCH3 is 1. The van der Waals surface area contributed by atoms with Crippen LogP contribution in [0, 0.1) is 18.8 Å². The minimum Gasteiger partial charge on any atom is -0.395 e. The quantitative estimate of drug-likeness (QED) is 0.772. The summed E-state index contributed by atoms with van der Waals surface area (Å²) >= 11 is 0. The molecule has 1 aromatic rings. The second-order valence-corrected chi connectivity index (χ2v) is 6.06. The van der Waals surface area contributed by atoms with Gasteiger partial charge in [0.1, 0.15) is 0 Å². The molecule has 0 aliphatic heterocycles. The van der Waals surface area contributed by atoms with Crippen molar-refractivity contribution in [2.24, 2.45) is 0 Å². The number of hydrogen-bond acceptors (Lipinski definition) is 4. The Kier molecular flexibility index (Phi) is 6.52. The lowest BCUT2D eigenvalue weighted by Gasteiger charge is -2.09. The van der Waals surface area contributed by atoms with E-state index < -0.39 is 10.0 Å². The van der Waals surface area contributed by atoms with Gasteiger partial charge < -0.3 is 9.84 Å². The van der Waals surface area contributed by atoms with E-state index in [0.29, 0.717) is 12.1 Å². The standard InChI is InChI=1S/C14H19NO4S/c1-12-6-7-14(11-13(12)5-3-4-8-16)15-20(17,18)10-9-19-2/h6-7,11,15-16H,4,8-10H2,1-2H3. The lowest BCUT2D eigenvalue weighted by molar-refractivity contribution is 0.217. The van der Waals surface area contributed by atoms with Crippen molar-refractivity contribution in [3.05, 3.63) is 29.3 Å². The average Bonchev–Trinajstić information content (AvgIpc) is 2.40. The number of benzene rings is 1.